The molecule has 10 heteroatoms. The summed E-state index contributed by atoms with van der Waals surface area (Å²) in [6, 6.07) is 11.8. The highest BCUT2D eigenvalue weighted by Crippen LogP contribution is 2.52. The molecule has 0 radical (unpaired) electrons. The van der Waals surface area contributed by atoms with Gasteiger partial charge in [-0.2, -0.15) is 8.42 Å². The average molecular weight is 494 g/mol. The van der Waals surface area contributed by atoms with E-state index in [-0.39, 0.29) is 31.8 Å². The zero-order valence-electron chi connectivity index (χ0n) is 14.3. The van der Waals surface area contributed by atoms with E-state index in [4.69, 9.17) is 46.4 Å². The van der Waals surface area contributed by atoms with Gasteiger partial charge in [0.05, 0.1) is 15.1 Å². The van der Waals surface area contributed by atoms with E-state index in [2.05, 4.69) is 0 Å². The molecular weight excluding hydrogens is 482 g/mol. The molecule has 0 aromatic heterocycles. The van der Waals surface area contributed by atoms with Crippen LogP contribution in [0.4, 0.5) is 0 Å². The molecule has 0 fully saturated rings. The van der Waals surface area contributed by atoms with Gasteiger partial charge in [0.1, 0.15) is 0 Å². The molecule has 152 valence electrons. The summed E-state index contributed by atoms with van der Waals surface area (Å²) in [5, 5.41) is 20.5. The molecular formula is C19H12Cl4O5S. The summed E-state index contributed by atoms with van der Waals surface area (Å²) in [7, 11) is -5.09. The molecule has 1 atom stereocenters. The second kappa shape index (κ2) is 7.87. The second-order valence-electron chi connectivity index (χ2n) is 6.06. The van der Waals surface area contributed by atoms with Gasteiger partial charge in [-0.25, -0.2) is 0 Å². The Labute approximate surface area is 186 Å². The van der Waals surface area contributed by atoms with E-state index in [9.17, 15) is 23.2 Å². The summed E-state index contributed by atoms with van der Waals surface area (Å²) in [6.45, 7) is 0. The number of benzene rings is 3. The van der Waals surface area contributed by atoms with Gasteiger partial charge in [0.15, 0.2) is 16.2 Å². The third-order valence-electron chi connectivity index (χ3n) is 4.45. The van der Waals surface area contributed by atoms with Crippen LogP contribution < -0.4 is 0 Å². The van der Waals surface area contributed by atoms with E-state index in [0.717, 1.165) is 6.07 Å². The van der Waals surface area contributed by atoms with Crippen LogP contribution in [-0.4, -0.2) is 23.2 Å². The van der Waals surface area contributed by atoms with Gasteiger partial charge in [-0.3, -0.25) is 4.55 Å². The van der Waals surface area contributed by atoms with Gasteiger partial charge in [-0.15, -0.1) is 0 Å². The molecule has 3 aromatic rings. The maximum Gasteiger partial charge on any atom is 0.283 e. The fourth-order valence-electron chi connectivity index (χ4n) is 3.18. The zero-order valence-corrected chi connectivity index (χ0v) is 18.1. The van der Waals surface area contributed by atoms with Gasteiger partial charge in [0.2, 0.25) is 0 Å². The first-order valence-electron chi connectivity index (χ1n) is 7.90. The van der Waals surface area contributed by atoms with Crippen molar-refractivity contribution in [1.29, 1.82) is 0 Å². The maximum absolute atomic E-state index is 12.9. The summed E-state index contributed by atoms with van der Waals surface area (Å²) in [4.78, 5) is 0. The van der Waals surface area contributed by atoms with Crippen molar-refractivity contribution in [3.8, 4) is 11.5 Å². The normalized spacial score (nSPS) is 13.8. The minimum absolute atomic E-state index is 0.00871. The van der Waals surface area contributed by atoms with Crippen LogP contribution in [0.1, 0.15) is 16.7 Å². The predicted molar refractivity (Wildman–Crippen MR) is 114 cm³/mol. The summed E-state index contributed by atoms with van der Waals surface area (Å²) in [6.07, 6.45) is 0. The number of hydrogen-bond acceptors (Lipinski definition) is 4. The van der Waals surface area contributed by atoms with Crippen LogP contribution >= 0.6 is 46.4 Å². The third-order valence-corrected chi connectivity index (χ3v) is 7.44. The molecule has 0 aliphatic heterocycles. The lowest BCUT2D eigenvalue weighted by molar-refractivity contribution is 0.393. The molecule has 3 aromatic carbocycles. The molecule has 1 unspecified atom stereocenters. The molecule has 0 saturated heterocycles. The highest BCUT2D eigenvalue weighted by atomic mass is 35.5. The van der Waals surface area contributed by atoms with Crippen molar-refractivity contribution in [2.75, 3.05) is 0 Å². The largest absolute Gasteiger partial charge is 0.504 e. The van der Waals surface area contributed by atoms with E-state index >= 15 is 0 Å². The van der Waals surface area contributed by atoms with Gasteiger partial charge in [0.25, 0.3) is 10.1 Å². The number of phenolic OH excluding ortho intramolecular Hbond substituents is 2. The number of aromatic hydroxyl groups is 2. The first-order valence-corrected chi connectivity index (χ1v) is 10.9. The average Bonchev–Trinajstić information content (AvgIpc) is 2.65. The quantitative estimate of drug-likeness (QED) is 0.182. The zero-order chi connectivity index (χ0) is 21.6. The molecule has 0 bridgehead atoms. The monoisotopic (exact) mass is 492 g/mol. The van der Waals surface area contributed by atoms with Crippen LogP contribution in [0.2, 0.25) is 20.1 Å². The molecule has 0 heterocycles. The highest BCUT2D eigenvalue weighted by Gasteiger charge is 2.52. The van der Waals surface area contributed by atoms with Gasteiger partial charge in [-0.05, 0) is 29.8 Å². The summed E-state index contributed by atoms with van der Waals surface area (Å²) >= 11 is 24.4. The first-order chi connectivity index (χ1) is 13.5. The molecule has 0 amide bonds. The van der Waals surface area contributed by atoms with Crippen LogP contribution in [0.15, 0.2) is 54.6 Å². The van der Waals surface area contributed by atoms with Crippen molar-refractivity contribution in [3.63, 3.8) is 0 Å². The van der Waals surface area contributed by atoms with Gasteiger partial charge in [0, 0.05) is 16.1 Å². The Morgan fingerprint density at radius 2 is 1.38 bits per heavy atom. The minimum atomic E-state index is -5.09. The van der Waals surface area contributed by atoms with Crippen molar-refractivity contribution in [1.82, 2.24) is 0 Å². The van der Waals surface area contributed by atoms with Crippen molar-refractivity contribution in [3.05, 3.63) is 91.4 Å². The minimum Gasteiger partial charge on any atom is -0.504 e. The summed E-state index contributed by atoms with van der Waals surface area (Å²) in [5.74, 6) is -1.36. The molecule has 29 heavy (non-hydrogen) atoms. The van der Waals surface area contributed by atoms with E-state index in [1.807, 2.05) is 0 Å². The molecule has 0 aliphatic rings. The van der Waals surface area contributed by atoms with Crippen molar-refractivity contribution in [2.45, 2.75) is 4.75 Å². The smallest absolute Gasteiger partial charge is 0.283 e. The Hall–Kier alpha value is -1.67. The Morgan fingerprint density at radius 3 is 1.97 bits per heavy atom. The Bertz CT molecular complexity index is 1200. The maximum atomic E-state index is 12.9. The standard InChI is InChI=1S/C19H12Cl4O5S/c20-11-6-4-10(5-7-11)19(29(26,27)28,13-2-1-3-15(24)18(13)25)12-8-9-14(21)17(23)16(12)22/h1-9,24-25H,(H,26,27,28). The molecule has 5 nitrogen and oxygen atoms in total. The third kappa shape index (κ3) is 3.54. The molecule has 0 aliphatic carbocycles. The van der Waals surface area contributed by atoms with Crippen molar-refractivity contribution >= 4 is 56.5 Å². The molecule has 3 N–H and O–H groups in total. The second-order valence-corrected chi connectivity index (χ2v) is 9.22. The van der Waals surface area contributed by atoms with Crippen molar-refractivity contribution in [2.24, 2.45) is 0 Å². The number of halogens is 4. The fraction of sp³-hybridized carbons (Fsp3) is 0.0526. The first kappa shape index (κ1) is 22.0. The topological polar surface area (TPSA) is 94.8 Å². The van der Waals surface area contributed by atoms with E-state index in [1.165, 1.54) is 48.5 Å². The SMILES string of the molecule is O=S(=O)(O)C(c1ccc(Cl)cc1)(c1cccc(O)c1O)c1ccc(Cl)c(Cl)c1Cl. The molecule has 0 saturated carbocycles. The summed E-state index contributed by atoms with van der Waals surface area (Å²) < 4.78 is 33.9. The lowest BCUT2D eigenvalue weighted by atomic mass is 9.83. The van der Waals surface area contributed by atoms with E-state index in [1.54, 1.807) is 0 Å². The van der Waals surface area contributed by atoms with E-state index in [0.29, 0.717) is 5.02 Å². The van der Waals surface area contributed by atoms with Crippen LogP contribution in [0.3, 0.4) is 0 Å². The Balaban J connectivity index is 2.61. The lowest BCUT2D eigenvalue weighted by Gasteiger charge is -2.34. The van der Waals surface area contributed by atoms with Crippen LogP contribution in [0.25, 0.3) is 0 Å². The Morgan fingerprint density at radius 1 is 0.759 bits per heavy atom. The molecule has 3 rings (SSSR count). The number of para-hydroxylation sites is 1. The van der Waals surface area contributed by atoms with Crippen LogP contribution in [0.5, 0.6) is 11.5 Å². The van der Waals surface area contributed by atoms with Gasteiger partial charge in [-0.1, -0.05) is 76.7 Å². The Kier molecular flexibility index (Phi) is 5.98. The lowest BCUT2D eigenvalue weighted by Crippen LogP contribution is -2.38. The summed E-state index contributed by atoms with van der Waals surface area (Å²) in [5.41, 5.74) is -0.535. The van der Waals surface area contributed by atoms with Crippen LogP contribution in [0, 0.1) is 0 Å². The predicted octanol–water partition coefficient (Wildman–Crippen LogP) is 5.89. The number of rotatable bonds is 4. The van der Waals surface area contributed by atoms with Gasteiger partial charge >= 0.3 is 0 Å². The highest BCUT2D eigenvalue weighted by molar-refractivity contribution is 7.87. The van der Waals surface area contributed by atoms with Gasteiger partial charge < -0.3 is 10.2 Å². The van der Waals surface area contributed by atoms with Crippen LogP contribution in [-0.2, 0) is 14.9 Å². The number of hydrogen-bond donors (Lipinski definition) is 3. The number of phenols is 2. The van der Waals surface area contributed by atoms with Crippen molar-refractivity contribution < 1.29 is 23.2 Å². The van der Waals surface area contributed by atoms with E-state index < -0.39 is 26.4 Å². The fourth-order valence-corrected chi connectivity index (χ4v) is 5.36. The molecule has 0 spiro atoms.